The molecular weight excluding hydrogens is 360 g/mol. The number of epoxide rings is 1. The fraction of sp³-hybridized carbons (Fsp3) is 0.286. The van der Waals surface area contributed by atoms with Crippen molar-refractivity contribution in [2.24, 2.45) is 0 Å². The number of anilines is 1. The monoisotopic (exact) mass is 382 g/mol. The van der Waals surface area contributed by atoms with Gasteiger partial charge in [0.1, 0.15) is 6.04 Å². The number of esters is 1. The van der Waals surface area contributed by atoms with Crippen LogP contribution in [0.25, 0.3) is 0 Å². The predicted octanol–water partition coefficient (Wildman–Crippen LogP) is 1.68. The molecule has 1 aliphatic rings. The van der Waals surface area contributed by atoms with Crippen molar-refractivity contribution in [3.63, 3.8) is 0 Å². The summed E-state index contributed by atoms with van der Waals surface area (Å²) in [5.41, 5.74) is -0.168. The van der Waals surface area contributed by atoms with Gasteiger partial charge >= 0.3 is 5.97 Å². The van der Waals surface area contributed by atoms with Gasteiger partial charge in [-0.05, 0) is 24.6 Å². The van der Waals surface area contributed by atoms with Gasteiger partial charge in [0.2, 0.25) is 5.91 Å². The molecule has 146 valence electrons. The normalized spacial score (nSPS) is 18.6. The maximum atomic E-state index is 12.8. The number of nitrogens with one attached hydrogen (secondary N) is 2. The number of carbonyl (C=O) groups excluding carboxylic acids is 3. The molecule has 0 aromatic heterocycles. The number of para-hydroxylation sites is 1. The number of benzene rings is 2. The first-order chi connectivity index (χ1) is 13.5. The third-order valence-corrected chi connectivity index (χ3v) is 4.35. The van der Waals surface area contributed by atoms with Gasteiger partial charge in [-0.15, -0.1) is 0 Å². The van der Waals surface area contributed by atoms with Crippen LogP contribution in [-0.2, 0) is 30.3 Å². The number of rotatable bonds is 8. The lowest BCUT2D eigenvalue weighted by Gasteiger charge is -2.20. The van der Waals surface area contributed by atoms with Gasteiger partial charge in [0, 0.05) is 12.1 Å². The zero-order chi connectivity index (χ0) is 20.0. The lowest BCUT2D eigenvalue weighted by Crippen LogP contribution is -2.52. The first-order valence-corrected chi connectivity index (χ1v) is 9.07. The van der Waals surface area contributed by atoms with Crippen molar-refractivity contribution in [3.05, 3.63) is 66.2 Å². The maximum absolute atomic E-state index is 12.8. The molecule has 2 aromatic rings. The summed E-state index contributed by atoms with van der Waals surface area (Å²) in [5.74, 6) is -1.80. The molecule has 1 aliphatic heterocycles. The van der Waals surface area contributed by atoms with Crippen molar-refractivity contribution >= 4 is 23.5 Å². The van der Waals surface area contributed by atoms with E-state index in [9.17, 15) is 14.4 Å². The summed E-state index contributed by atoms with van der Waals surface area (Å²) in [7, 11) is 0. The Morgan fingerprint density at radius 3 is 2.25 bits per heavy atom. The van der Waals surface area contributed by atoms with Crippen LogP contribution in [0.4, 0.5) is 5.69 Å². The molecule has 7 heteroatoms. The van der Waals surface area contributed by atoms with Crippen molar-refractivity contribution in [1.29, 1.82) is 0 Å². The van der Waals surface area contributed by atoms with Gasteiger partial charge in [-0.3, -0.25) is 9.59 Å². The minimum atomic E-state index is -1.65. The summed E-state index contributed by atoms with van der Waals surface area (Å²) < 4.78 is 10.0. The van der Waals surface area contributed by atoms with Gasteiger partial charge in [0.05, 0.1) is 13.2 Å². The number of hydrogen-bond donors (Lipinski definition) is 2. The fourth-order valence-electron chi connectivity index (χ4n) is 2.75. The van der Waals surface area contributed by atoms with Crippen LogP contribution in [0, 0.1) is 0 Å². The summed E-state index contributed by atoms with van der Waals surface area (Å²) in [5, 5.41) is 5.43. The molecule has 1 unspecified atom stereocenters. The maximum Gasteiger partial charge on any atom is 0.350 e. The smallest absolute Gasteiger partial charge is 0.350 e. The Kier molecular flexibility index (Phi) is 6.06. The highest BCUT2D eigenvalue weighted by Gasteiger charge is 2.61. The number of amides is 2. The molecule has 3 rings (SSSR count). The molecular formula is C21H22N2O5. The van der Waals surface area contributed by atoms with Gasteiger partial charge < -0.3 is 20.1 Å². The Balaban J connectivity index is 1.75. The highest BCUT2D eigenvalue weighted by Crippen LogP contribution is 2.29. The number of ether oxygens (including phenoxy) is 2. The molecule has 1 fully saturated rings. The van der Waals surface area contributed by atoms with Gasteiger partial charge in [-0.25, -0.2) is 4.79 Å². The second kappa shape index (κ2) is 8.67. The predicted molar refractivity (Wildman–Crippen MR) is 102 cm³/mol. The Bertz CT molecular complexity index is 834. The van der Waals surface area contributed by atoms with Crippen LogP contribution in [0.2, 0.25) is 0 Å². The Morgan fingerprint density at radius 2 is 1.68 bits per heavy atom. The number of hydrogen-bond acceptors (Lipinski definition) is 5. The SMILES string of the molecule is CCOC(=O)C1(C(=O)N[C@@H](Cc2ccccc2)C(=O)Nc2ccccc2)CO1. The first-order valence-electron chi connectivity index (χ1n) is 9.07. The van der Waals surface area contributed by atoms with Crippen molar-refractivity contribution in [1.82, 2.24) is 5.32 Å². The van der Waals surface area contributed by atoms with Crippen LogP contribution in [-0.4, -0.2) is 42.6 Å². The molecule has 2 aromatic carbocycles. The molecule has 0 saturated carbocycles. The van der Waals surface area contributed by atoms with Crippen LogP contribution in [0.3, 0.4) is 0 Å². The Labute approximate surface area is 163 Å². The van der Waals surface area contributed by atoms with E-state index in [0.717, 1.165) is 5.56 Å². The third kappa shape index (κ3) is 4.55. The minimum absolute atomic E-state index is 0.0595. The molecule has 0 spiro atoms. The first kappa shape index (κ1) is 19.6. The van der Waals surface area contributed by atoms with Crippen molar-refractivity contribution in [2.75, 3.05) is 18.5 Å². The van der Waals surface area contributed by atoms with Crippen LogP contribution in [0.1, 0.15) is 12.5 Å². The van der Waals surface area contributed by atoms with Crippen LogP contribution in [0.5, 0.6) is 0 Å². The van der Waals surface area contributed by atoms with Gasteiger partial charge in [0.25, 0.3) is 11.5 Å². The van der Waals surface area contributed by atoms with E-state index in [0.29, 0.717) is 5.69 Å². The topological polar surface area (TPSA) is 97.0 Å². The van der Waals surface area contributed by atoms with E-state index in [1.165, 1.54) is 0 Å². The average Bonchev–Trinajstić information content (AvgIpc) is 3.51. The molecule has 1 saturated heterocycles. The molecule has 0 bridgehead atoms. The molecule has 0 aliphatic carbocycles. The number of carbonyl (C=O) groups is 3. The van der Waals surface area contributed by atoms with E-state index in [1.54, 1.807) is 31.2 Å². The summed E-state index contributed by atoms with van der Waals surface area (Å²) >= 11 is 0. The third-order valence-electron chi connectivity index (χ3n) is 4.35. The molecule has 1 heterocycles. The fourth-order valence-corrected chi connectivity index (χ4v) is 2.75. The zero-order valence-electron chi connectivity index (χ0n) is 15.5. The highest BCUT2D eigenvalue weighted by atomic mass is 16.6. The van der Waals surface area contributed by atoms with Gasteiger partial charge in [0.15, 0.2) is 0 Å². The van der Waals surface area contributed by atoms with Crippen molar-refractivity contribution < 1.29 is 23.9 Å². The van der Waals surface area contributed by atoms with Gasteiger partial charge in [-0.1, -0.05) is 48.5 Å². The largest absolute Gasteiger partial charge is 0.463 e. The van der Waals surface area contributed by atoms with Crippen molar-refractivity contribution in [3.8, 4) is 0 Å². The molecule has 2 amide bonds. The zero-order valence-corrected chi connectivity index (χ0v) is 15.5. The second-order valence-corrected chi connectivity index (χ2v) is 6.41. The Hall–Kier alpha value is -3.19. The second-order valence-electron chi connectivity index (χ2n) is 6.41. The van der Waals surface area contributed by atoms with Crippen LogP contribution < -0.4 is 10.6 Å². The lowest BCUT2D eigenvalue weighted by molar-refractivity contribution is -0.154. The van der Waals surface area contributed by atoms with E-state index in [-0.39, 0.29) is 25.5 Å². The molecule has 28 heavy (non-hydrogen) atoms. The highest BCUT2D eigenvalue weighted by molar-refractivity contribution is 6.10. The molecule has 2 N–H and O–H groups in total. The van der Waals surface area contributed by atoms with Crippen molar-refractivity contribution in [2.45, 2.75) is 25.0 Å². The minimum Gasteiger partial charge on any atom is -0.463 e. The van der Waals surface area contributed by atoms with E-state index in [4.69, 9.17) is 9.47 Å². The summed E-state index contributed by atoms with van der Waals surface area (Å²) in [6, 6.07) is 17.4. The lowest BCUT2D eigenvalue weighted by atomic mass is 10.0. The summed E-state index contributed by atoms with van der Waals surface area (Å²) in [6.07, 6.45) is 0.268. The van der Waals surface area contributed by atoms with Gasteiger partial charge in [-0.2, -0.15) is 0 Å². The average molecular weight is 382 g/mol. The van der Waals surface area contributed by atoms with Crippen LogP contribution >= 0.6 is 0 Å². The van der Waals surface area contributed by atoms with E-state index in [2.05, 4.69) is 10.6 Å². The van der Waals surface area contributed by atoms with E-state index in [1.807, 2.05) is 36.4 Å². The Morgan fingerprint density at radius 1 is 1.07 bits per heavy atom. The molecule has 2 atom stereocenters. The summed E-state index contributed by atoms with van der Waals surface area (Å²) in [6.45, 7) is 1.73. The standard InChI is InChI=1S/C21H22N2O5/c1-2-27-20(26)21(14-28-21)19(25)23-17(13-15-9-5-3-6-10-15)18(24)22-16-11-7-4-8-12-16/h3-12,17H,2,13-14H2,1H3,(H,22,24)(H,23,25)/t17-,21?/m0/s1. The molecule has 0 radical (unpaired) electrons. The quantitative estimate of drug-likeness (QED) is 0.411. The van der Waals surface area contributed by atoms with E-state index >= 15 is 0 Å². The summed E-state index contributed by atoms with van der Waals surface area (Å²) in [4.78, 5) is 37.6. The van der Waals surface area contributed by atoms with Crippen LogP contribution in [0.15, 0.2) is 60.7 Å². The van der Waals surface area contributed by atoms with E-state index < -0.39 is 23.5 Å². The molecule has 7 nitrogen and oxygen atoms in total.